The quantitative estimate of drug-likeness (QED) is 0.899. The zero-order valence-corrected chi connectivity index (χ0v) is 14.8. The van der Waals surface area contributed by atoms with E-state index in [1.165, 1.54) is 6.26 Å². The zero-order chi connectivity index (χ0) is 17.4. The summed E-state index contributed by atoms with van der Waals surface area (Å²) in [7, 11) is -3.23. The van der Waals surface area contributed by atoms with Gasteiger partial charge in [-0.3, -0.25) is 4.90 Å². The van der Waals surface area contributed by atoms with Gasteiger partial charge in [-0.25, -0.2) is 8.42 Å². The van der Waals surface area contributed by atoms with E-state index in [0.29, 0.717) is 12.1 Å². The van der Waals surface area contributed by atoms with Gasteiger partial charge in [-0.15, -0.1) is 0 Å². The molecule has 0 saturated carbocycles. The van der Waals surface area contributed by atoms with Gasteiger partial charge < -0.3 is 9.52 Å². The maximum absolute atomic E-state index is 11.6. The van der Waals surface area contributed by atoms with Crippen molar-refractivity contribution in [3.63, 3.8) is 0 Å². The summed E-state index contributed by atoms with van der Waals surface area (Å²) in [5, 5.41) is 10.9. The van der Waals surface area contributed by atoms with Crippen molar-refractivity contribution in [2.24, 2.45) is 0 Å². The minimum atomic E-state index is -3.23. The van der Waals surface area contributed by atoms with Crippen LogP contribution in [-0.2, 0) is 15.4 Å². The Bertz CT molecular complexity index is 779. The number of β-amino-alcohol motifs (C(OH)–C–C–N with tert-alkyl or cyclic N) is 1. The van der Waals surface area contributed by atoms with Gasteiger partial charge in [-0.05, 0) is 56.1 Å². The molecule has 1 aromatic carbocycles. The molecule has 0 bridgehead atoms. The molecule has 1 fully saturated rings. The highest BCUT2D eigenvalue weighted by Crippen LogP contribution is 2.35. The van der Waals surface area contributed by atoms with Crippen LogP contribution in [0.4, 0.5) is 0 Å². The van der Waals surface area contributed by atoms with Crippen molar-refractivity contribution in [2.75, 3.05) is 19.3 Å². The van der Waals surface area contributed by atoms with Gasteiger partial charge in [0.15, 0.2) is 9.84 Å². The van der Waals surface area contributed by atoms with Crippen LogP contribution < -0.4 is 0 Å². The van der Waals surface area contributed by atoms with Crippen LogP contribution in [0.1, 0.15) is 37.1 Å². The van der Waals surface area contributed by atoms with Gasteiger partial charge in [-0.2, -0.15) is 0 Å². The van der Waals surface area contributed by atoms with Gasteiger partial charge in [-0.1, -0.05) is 12.1 Å². The van der Waals surface area contributed by atoms with Gasteiger partial charge in [0.05, 0.1) is 22.8 Å². The van der Waals surface area contributed by atoms with Crippen LogP contribution in [0.2, 0.25) is 0 Å². The van der Waals surface area contributed by atoms with E-state index >= 15 is 0 Å². The fourth-order valence-corrected chi connectivity index (χ4v) is 4.00. The van der Waals surface area contributed by atoms with Gasteiger partial charge in [0.25, 0.3) is 0 Å². The van der Waals surface area contributed by atoms with Crippen molar-refractivity contribution >= 4 is 9.84 Å². The molecule has 1 N–H and O–H groups in total. The molecular weight excluding hydrogens is 326 g/mol. The van der Waals surface area contributed by atoms with E-state index < -0.39 is 15.4 Å². The number of furan rings is 1. The van der Waals surface area contributed by atoms with E-state index in [0.717, 1.165) is 25.1 Å². The van der Waals surface area contributed by atoms with E-state index in [1.54, 1.807) is 37.5 Å². The van der Waals surface area contributed by atoms with Crippen LogP contribution in [0.5, 0.6) is 0 Å². The van der Waals surface area contributed by atoms with Crippen molar-refractivity contribution in [3.8, 4) is 0 Å². The smallest absolute Gasteiger partial charge is 0.175 e. The monoisotopic (exact) mass is 349 g/mol. The second-order valence-electron chi connectivity index (χ2n) is 6.71. The maximum atomic E-state index is 11.6. The molecule has 6 heteroatoms. The highest BCUT2D eigenvalue weighted by atomic mass is 32.2. The lowest BCUT2D eigenvalue weighted by atomic mass is 9.95. The molecule has 130 valence electrons. The molecule has 0 unspecified atom stereocenters. The molecule has 1 saturated heterocycles. The molecule has 0 aliphatic carbocycles. The first-order valence-corrected chi connectivity index (χ1v) is 9.97. The molecule has 0 spiro atoms. The van der Waals surface area contributed by atoms with Crippen LogP contribution in [0.25, 0.3) is 0 Å². The molecule has 1 aliphatic rings. The third-order valence-corrected chi connectivity index (χ3v) is 5.78. The van der Waals surface area contributed by atoms with Crippen molar-refractivity contribution in [1.29, 1.82) is 0 Å². The molecule has 0 amide bonds. The summed E-state index contributed by atoms with van der Waals surface area (Å²) in [6.45, 7) is 3.14. The number of hydrogen-bond donors (Lipinski definition) is 1. The summed E-state index contributed by atoms with van der Waals surface area (Å²) < 4.78 is 28.7. The lowest BCUT2D eigenvalue weighted by molar-refractivity contribution is 0.00933. The van der Waals surface area contributed by atoms with Gasteiger partial charge in [0.1, 0.15) is 5.76 Å². The highest BCUT2D eigenvalue weighted by molar-refractivity contribution is 7.90. The fourth-order valence-electron chi connectivity index (χ4n) is 3.37. The van der Waals surface area contributed by atoms with E-state index in [-0.39, 0.29) is 10.9 Å². The Morgan fingerprint density at radius 1 is 1.29 bits per heavy atom. The van der Waals surface area contributed by atoms with Gasteiger partial charge in [0, 0.05) is 12.8 Å². The molecule has 2 heterocycles. The summed E-state index contributed by atoms with van der Waals surface area (Å²) in [5.41, 5.74) is -0.356. The summed E-state index contributed by atoms with van der Waals surface area (Å²) in [4.78, 5) is 2.49. The predicted octanol–water partition coefficient (Wildman–Crippen LogP) is 2.73. The summed E-state index contributed by atoms with van der Waals surface area (Å²) >= 11 is 0. The third-order valence-electron chi connectivity index (χ3n) is 4.65. The lowest BCUT2D eigenvalue weighted by Gasteiger charge is -2.32. The first kappa shape index (κ1) is 17.2. The molecule has 3 rings (SSSR count). The summed E-state index contributed by atoms with van der Waals surface area (Å²) in [6.07, 6.45) is 4.93. The standard InChI is InChI=1S/C18H23NO4S/c1-18(20,14-7-9-15(10-8-14)24(2,21)22)13-19-11-3-5-16(19)17-6-4-12-23-17/h4,6-10,12,16,20H,3,5,11,13H2,1-2H3/t16-,18+/m1/s1. The van der Waals surface area contributed by atoms with Crippen LogP contribution in [0.15, 0.2) is 52.0 Å². The van der Waals surface area contributed by atoms with Crippen molar-refractivity contribution in [3.05, 3.63) is 54.0 Å². The van der Waals surface area contributed by atoms with E-state index in [9.17, 15) is 13.5 Å². The third kappa shape index (κ3) is 3.55. The Balaban J connectivity index is 1.78. The Kier molecular flexibility index (Phi) is 4.55. The number of nitrogens with zero attached hydrogens (tertiary/aromatic N) is 1. The Morgan fingerprint density at radius 3 is 2.58 bits per heavy atom. The molecular formula is C18H23NO4S. The first-order valence-electron chi connectivity index (χ1n) is 8.08. The maximum Gasteiger partial charge on any atom is 0.175 e. The number of hydrogen-bond acceptors (Lipinski definition) is 5. The minimum Gasteiger partial charge on any atom is -0.468 e. The Labute approximate surface area is 142 Å². The van der Waals surface area contributed by atoms with Crippen LogP contribution in [0.3, 0.4) is 0 Å². The van der Waals surface area contributed by atoms with Gasteiger partial charge >= 0.3 is 0 Å². The van der Waals surface area contributed by atoms with Gasteiger partial charge in [0.2, 0.25) is 0 Å². The van der Waals surface area contributed by atoms with Crippen molar-refractivity contribution in [2.45, 2.75) is 36.3 Å². The highest BCUT2D eigenvalue weighted by Gasteiger charge is 2.34. The van der Waals surface area contributed by atoms with Crippen molar-refractivity contribution in [1.82, 2.24) is 4.90 Å². The number of benzene rings is 1. The van der Waals surface area contributed by atoms with Crippen LogP contribution in [-0.4, -0.2) is 37.8 Å². The SMILES string of the molecule is C[C@](O)(CN1CCC[C@@H]1c1ccco1)c1ccc(S(C)(=O)=O)cc1. The second kappa shape index (κ2) is 6.35. The van der Waals surface area contributed by atoms with Crippen molar-refractivity contribution < 1.29 is 17.9 Å². The summed E-state index contributed by atoms with van der Waals surface area (Å²) in [6, 6.07) is 10.5. The van der Waals surface area contributed by atoms with Crippen LogP contribution in [0, 0.1) is 0 Å². The Hall–Kier alpha value is -1.63. The molecule has 0 radical (unpaired) electrons. The molecule has 5 nitrogen and oxygen atoms in total. The topological polar surface area (TPSA) is 70.8 Å². The second-order valence-corrected chi connectivity index (χ2v) is 8.73. The normalized spacial score (nSPS) is 21.7. The number of likely N-dealkylation sites (tertiary alicyclic amines) is 1. The predicted molar refractivity (Wildman–Crippen MR) is 91.4 cm³/mol. The molecule has 2 atom stereocenters. The largest absolute Gasteiger partial charge is 0.468 e. The lowest BCUT2D eigenvalue weighted by Crippen LogP contribution is -2.38. The summed E-state index contributed by atoms with van der Waals surface area (Å²) in [5.74, 6) is 0.927. The van der Waals surface area contributed by atoms with E-state index in [4.69, 9.17) is 4.42 Å². The molecule has 24 heavy (non-hydrogen) atoms. The molecule has 2 aromatic rings. The average Bonchev–Trinajstić information content (AvgIpc) is 3.17. The first-order chi connectivity index (χ1) is 11.3. The number of rotatable bonds is 5. The zero-order valence-electron chi connectivity index (χ0n) is 14.0. The molecule has 1 aromatic heterocycles. The average molecular weight is 349 g/mol. The molecule has 1 aliphatic heterocycles. The minimum absolute atomic E-state index is 0.182. The fraction of sp³-hybridized carbons (Fsp3) is 0.444. The van der Waals surface area contributed by atoms with E-state index in [2.05, 4.69) is 4.90 Å². The number of aliphatic hydroxyl groups is 1. The van der Waals surface area contributed by atoms with E-state index in [1.807, 2.05) is 12.1 Å². The van der Waals surface area contributed by atoms with Crippen LogP contribution >= 0.6 is 0 Å². The number of sulfone groups is 1. The Morgan fingerprint density at radius 2 is 2.00 bits per heavy atom.